The molecule has 1 aliphatic heterocycles. The smallest absolute Gasteiger partial charge is 0.346 e. The van der Waals surface area contributed by atoms with Gasteiger partial charge in [-0.15, -0.1) is 0 Å². The molecule has 6 N–H and O–H groups in total. The van der Waals surface area contributed by atoms with E-state index in [1.807, 2.05) is 0 Å². The molecular weight excluding hydrogens is 320 g/mol. The number of rotatable bonds is 8. The highest BCUT2D eigenvalue weighted by Crippen LogP contribution is 2.25. The van der Waals surface area contributed by atoms with Crippen LogP contribution in [-0.4, -0.2) is 91.8 Å². The van der Waals surface area contributed by atoms with Gasteiger partial charge in [0.25, 0.3) is 0 Å². The van der Waals surface area contributed by atoms with Crippen LogP contribution in [0.25, 0.3) is 0 Å². The summed E-state index contributed by atoms with van der Waals surface area (Å²) >= 11 is 0. The van der Waals surface area contributed by atoms with Crippen LogP contribution < -0.4 is 0 Å². The molecule has 0 spiro atoms. The average molecular weight is 338 g/mol. The second-order valence-corrected chi connectivity index (χ2v) is 5.13. The van der Waals surface area contributed by atoms with Crippen LogP contribution in [0.2, 0.25) is 0 Å². The monoisotopic (exact) mass is 338 g/mol. The molecule has 0 bridgehead atoms. The third-order valence-electron chi connectivity index (χ3n) is 3.20. The molecule has 0 aromatic carbocycles. The lowest BCUT2D eigenvalue weighted by Gasteiger charge is -2.25. The first-order valence-electron chi connectivity index (χ1n) is 6.57. The first-order chi connectivity index (χ1) is 10.6. The van der Waals surface area contributed by atoms with Gasteiger partial charge in [-0.25, -0.2) is 4.79 Å². The molecule has 132 valence electrons. The minimum atomic E-state index is -2.34. The summed E-state index contributed by atoms with van der Waals surface area (Å²) in [5, 5.41) is 55.8. The summed E-state index contributed by atoms with van der Waals surface area (Å²) < 4.78 is 8.62. The predicted molar refractivity (Wildman–Crippen MR) is 67.4 cm³/mol. The second-order valence-electron chi connectivity index (χ2n) is 5.13. The molecule has 0 amide bonds. The maximum absolute atomic E-state index is 11.5. The molecule has 1 fully saturated rings. The summed E-state index contributed by atoms with van der Waals surface area (Å²) in [6.07, 6.45) is -8.95. The highest BCUT2D eigenvalue weighted by atomic mass is 16.6. The highest BCUT2D eigenvalue weighted by Gasteiger charge is 2.49. The topological polar surface area (TPSA) is 191 Å². The molecule has 1 saturated heterocycles. The Labute approximate surface area is 129 Å². The van der Waals surface area contributed by atoms with E-state index in [0.29, 0.717) is 0 Å². The zero-order valence-corrected chi connectivity index (χ0v) is 11.9. The van der Waals surface area contributed by atoms with Crippen LogP contribution >= 0.6 is 0 Å². The van der Waals surface area contributed by atoms with Crippen molar-refractivity contribution in [3.8, 4) is 0 Å². The van der Waals surface area contributed by atoms with Crippen molar-refractivity contribution < 1.29 is 54.5 Å². The highest BCUT2D eigenvalue weighted by molar-refractivity contribution is 6.01. The molecule has 0 aromatic rings. The van der Waals surface area contributed by atoms with Gasteiger partial charge in [-0.05, 0) is 0 Å². The van der Waals surface area contributed by atoms with Crippen molar-refractivity contribution in [1.29, 1.82) is 0 Å². The Kier molecular flexibility index (Phi) is 6.56. The molecule has 0 radical (unpaired) electrons. The number of cyclic esters (lactones) is 2. The van der Waals surface area contributed by atoms with E-state index in [1.54, 1.807) is 0 Å². The molecule has 5 unspecified atom stereocenters. The number of esters is 3. The predicted octanol–water partition coefficient (Wildman–Crippen LogP) is -4.44. The van der Waals surface area contributed by atoms with Crippen LogP contribution in [0, 0.1) is 0 Å². The maximum atomic E-state index is 11.5. The average Bonchev–Trinajstić information content (AvgIpc) is 2.74. The molecule has 5 atom stereocenters. The molecular formula is C12H18O11. The van der Waals surface area contributed by atoms with Crippen molar-refractivity contribution >= 4 is 17.9 Å². The summed E-state index contributed by atoms with van der Waals surface area (Å²) in [6.45, 7) is -1.69. The fraction of sp³-hybridized carbons (Fsp3) is 0.750. The van der Waals surface area contributed by atoms with Crippen LogP contribution in [0.5, 0.6) is 0 Å². The molecule has 11 heteroatoms. The number of ether oxygens (including phenoxy) is 2. The molecule has 1 heterocycles. The molecule has 1 rings (SSSR count). The summed E-state index contributed by atoms with van der Waals surface area (Å²) in [4.78, 5) is 33.6. The van der Waals surface area contributed by atoms with Gasteiger partial charge in [-0.1, -0.05) is 0 Å². The van der Waals surface area contributed by atoms with E-state index in [0.717, 1.165) is 0 Å². The minimum Gasteiger partial charge on any atom is -0.463 e. The van der Waals surface area contributed by atoms with Crippen molar-refractivity contribution in [3.05, 3.63) is 0 Å². The van der Waals surface area contributed by atoms with Crippen LogP contribution in [0.15, 0.2) is 0 Å². The summed E-state index contributed by atoms with van der Waals surface area (Å²) in [6, 6.07) is 0. The fourth-order valence-electron chi connectivity index (χ4n) is 1.81. The van der Waals surface area contributed by atoms with Gasteiger partial charge in [0, 0.05) is 0 Å². The minimum absolute atomic E-state index is 0.715. The number of aliphatic hydroxyl groups is 6. The summed E-state index contributed by atoms with van der Waals surface area (Å²) in [5.74, 6) is -3.45. The molecule has 0 aliphatic carbocycles. The van der Waals surface area contributed by atoms with Gasteiger partial charge in [-0.3, -0.25) is 9.59 Å². The van der Waals surface area contributed by atoms with E-state index in [2.05, 4.69) is 9.47 Å². The lowest BCUT2D eigenvalue weighted by atomic mass is 9.98. The number of hydrogen-bond acceptors (Lipinski definition) is 11. The van der Waals surface area contributed by atoms with Crippen LogP contribution in [0.1, 0.15) is 12.8 Å². The largest absolute Gasteiger partial charge is 0.463 e. The standard InChI is InChI=1S/C12H18O11/c13-3-5(14)9(18)10(19)6(15)4-22-7(16)1-12(21)2-8(17)23-11(12)20/h5-6,9-10,13-15,18-19,21H,1-4H2. The van der Waals surface area contributed by atoms with Crippen molar-refractivity contribution in [2.75, 3.05) is 13.2 Å². The van der Waals surface area contributed by atoms with Gasteiger partial charge in [-0.2, -0.15) is 0 Å². The van der Waals surface area contributed by atoms with E-state index in [4.69, 9.17) is 10.2 Å². The Hall–Kier alpha value is -1.63. The molecule has 1 aliphatic rings. The van der Waals surface area contributed by atoms with E-state index in [-0.39, 0.29) is 0 Å². The molecule has 0 saturated carbocycles. The quantitative estimate of drug-likeness (QED) is 0.185. The number of carbonyl (C=O) groups is 3. The Morgan fingerprint density at radius 1 is 1.17 bits per heavy atom. The Morgan fingerprint density at radius 2 is 1.74 bits per heavy atom. The van der Waals surface area contributed by atoms with E-state index >= 15 is 0 Å². The van der Waals surface area contributed by atoms with Gasteiger partial charge in [0.05, 0.1) is 19.4 Å². The van der Waals surface area contributed by atoms with Gasteiger partial charge < -0.3 is 40.1 Å². The summed E-state index contributed by atoms with van der Waals surface area (Å²) in [5.41, 5.74) is -2.34. The van der Waals surface area contributed by atoms with Crippen LogP contribution in [0.4, 0.5) is 0 Å². The van der Waals surface area contributed by atoms with E-state index in [1.165, 1.54) is 0 Å². The van der Waals surface area contributed by atoms with Crippen molar-refractivity contribution in [2.45, 2.75) is 42.9 Å². The third kappa shape index (κ3) is 4.92. The second kappa shape index (κ2) is 7.77. The first-order valence-corrected chi connectivity index (χ1v) is 6.57. The van der Waals surface area contributed by atoms with E-state index < -0.39 is 74.0 Å². The Balaban J connectivity index is 2.47. The van der Waals surface area contributed by atoms with Crippen molar-refractivity contribution in [2.24, 2.45) is 0 Å². The zero-order valence-electron chi connectivity index (χ0n) is 11.9. The van der Waals surface area contributed by atoms with Gasteiger partial charge >= 0.3 is 17.9 Å². The summed E-state index contributed by atoms with van der Waals surface area (Å²) in [7, 11) is 0. The van der Waals surface area contributed by atoms with Gasteiger partial charge in [0.2, 0.25) is 0 Å². The Bertz CT molecular complexity index is 464. The van der Waals surface area contributed by atoms with Crippen LogP contribution in [-0.2, 0) is 23.9 Å². The number of carbonyl (C=O) groups excluding carboxylic acids is 3. The number of hydrogen-bond donors (Lipinski definition) is 6. The normalized spacial score (nSPS) is 26.3. The maximum Gasteiger partial charge on any atom is 0.346 e. The fourth-order valence-corrected chi connectivity index (χ4v) is 1.81. The first kappa shape index (κ1) is 19.4. The lowest BCUT2D eigenvalue weighted by Crippen LogP contribution is -2.47. The van der Waals surface area contributed by atoms with Crippen molar-refractivity contribution in [1.82, 2.24) is 0 Å². The molecule has 11 nitrogen and oxygen atoms in total. The van der Waals surface area contributed by atoms with Gasteiger partial charge in [0.1, 0.15) is 31.0 Å². The molecule has 23 heavy (non-hydrogen) atoms. The van der Waals surface area contributed by atoms with Crippen molar-refractivity contribution in [3.63, 3.8) is 0 Å². The van der Waals surface area contributed by atoms with E-state index in [9.17, 15) is 34.8 Å². The third-order valence-corrected chi connectivity index (χ3v) is 3.20. The molecule has 0 aromatic heterocycles. The lowest BCUT2D eigenvalue weighted by molar-refractivity contribution is -0.168. The SMILES string of the molecule is O=C(CC1(O)CC(=O)OC1=O)OCC(O)C(O)C(O)C(O)CO. The van der Waals surface area contributed by atoms with Crippen LogP contribution in [0.3, 0.4) is 0 Å². The van der Waals surface area contributed by atoms with Gasteiger partial charge in [0.15, 0.2) is 5.60 Å². The number of aliphatic hydroxyl groups excluding tert-OH is 5. The zero-order chi connectivity index (χ0) is 17.8. The Morgan fingerprint density at radius 3 is 2.22 bits per heavy atom.